The highest BCUT2D eigenvalue weighted by Gasteiger charge is 2.24. The van der Waals surface area contributed by atoms with Crippen molar-refractivity contribution in [2.45, 2.75) is 32.7 Å². The van der Waals surface area contributed by atoms with Gasteiger partial charge in [-0.2, -0.15) is 0 Å². The third-order valence-corrected chi connectivity index (χ3v) is 3.21. The Hall–Kier alpha value is -2.11. The second-order valence-electron chi connectivity index (χ2n) is 4.71. The third-order valence-electron chi connectivity index (χ3n) is 3.21. The molecule has 0 fully saturated rings. The maximum Gasteiger partial charge on any atom is 0.326 e. The summed E-state index contributed by atoms with van der Waals surface area (Å²) >= 11 is 0. The van der Waals surface area contributed by atoms with Gasteiger partial charge in [-0.15, -0.1) is 0 Å². The molecule has 0 saturated carbocycles. The standard InChI is InChI=1S/C14H21N3O3/c1-3-10(2)12(13(18)19)17-14(20)16-9-6-11-4-7-15-8-5-11/h4-5,7-8,10,12H,3,6,9H2,1-2H3,(H,18,19)(H2,16,17,20)/t10-,12-/m0/s1. The van der Waals surface area contributed by atoms with Gasteiger partial charge in [0.1, 0.15) is 6.04 Å². The Morgan fingerprint density at radius 1 is 1.35 bits per heavy atom. The van der Waals surface area contributed by atoms with Gasteiger partial charge in [0.25, 0.3) is 0 Å². The summed E-state index contributed by atoms with van der Waals surface area (Å²) in [6, 6.07) is 2.44. The number of nitrogens with one attached hydrogen (secondary N) is 2. The Labute approximate surface area is 118 Å². The smallest absolute Gasteiger partial charge is 0.326 e. The van der Waals surface area contributed by atoms with Crippen molar-refractivity contribution in [2.24, 2.45) is 5.92 Å². The highest BCUT2D eigenvalue weighted by molar-refractivity contribution is 5.82. The molecule has 20 heavy (non-hydrogen) atoms. The average Bonchev–Trinajstić information content (AvgIpc) is 2.45. The molecule has 0 bridgehead atoms. The van der Waals surface area contributed by atoms with E-state index in [0.29, 0.717) is 19.4 Å². The van der Waals surface area contributed by atoms with Crippen molar-refractivity contribution in [2.75, 3.05) is 6.54 Å². The molecule has 2 atom stereocenters. The fraction of sp³-hybridized carbons (Fsp3) is 0.500. The lowest BCUT2D eigenvalue weighted by Gasteiger charge is -2.20. The van der Waals surface area contributed by atoms with Crippen LogP contribution in [0.15, 0.2) is 24.5 Å². The van der Waals surface area contributed by atoms with Crippen LogP contribution in [0.2, 0.25) is 0 Å². The monoisotopic (exact) mass is 279 g/mol. The van der Waals surface area contributed by atoms with Crippen molar-refractivity contribution in [3.8, 4) is 0 Å². The minimum absolute atomic E-state index is 0.113. The molecule has 1 heterocycles. The number of pyridine rings is 1. The summed E-state index contributed by atoms with van der Waals surface area (Å²) < 4.78 is 0. The lowest BCUT2D eigenvalue weighted by atomic mass is 9.99. The van der Waals surface area contributed by atoms with Crippen molar-refractivity contribution in [3.05, 3.63) is 30.1 Å². The lowest BCUT2D eigenvalue weighted by Crippen LogP contribution is -2.49. The minimum atomic E-state index is -1.01. The molecule has 0 spiro atoms. The number of amides is 2. The predicted octanol–water partition coefficient (Wildman–Crippen LogP) is 1.42. The van der Waals surface area contributed by atoms with Crippen molar-refractivity contribution in [3.63, 3.8) is 0 Å². The summed E-state index contributed by atoms with van der Waals surface area (Å²) in [6.07, 6.45) is 4.75. The van der Waals surface area contributed by atoms with Gasteiger partial charge in [-0.3, -0.25) is 4.98 Å². The van der Waals surface area contributed by atoms with E-state index in [1.807, 2.05) is 19.1 Å². The number of hydrogen-bond donors (Lipinski definition) is 3. The van der Waals surface area contributed by atoms with Crippen LogP contribution >= 0.6 is 0 Å². The van der Waals surface area contributed by atoms with Gasteiger partial charge in [-0.25, -0.2) is 9.59 Å². The number of aromatic nitrogens is 1. The van der Waals surface area contributed by atoms with Crippen LogP contribution in [0.1, 0.15) is 25.8 Å². The number of carboxylic acid groups (broad SMARTS) is 1. The first-order valence-corrected chi connectivity index (χ1v) is 6.70. The Morgan fingerprint density at radius 3 is 2.55 bits per heavy atom. The van der Waals surface area contributed by atoms with Crippen LogP contribution in [-0.4, -0.2) is 34.7 Å². The van der Waals surface area contributed by atoms with E-state index in [-0.39, 0.29) is 5.92 Å². The Bertz CT molecular complexity index is 437. The molecular weight excluding hydrogens is 258 g/mol. The van der Waals surface area contributed by atoms with Crippen LogP contribution in [-0.2, 0) is 11.2 Å². The SMILES string of the molecule is CC[C@H](C)[C@H](NC(=O)NCCc1ccncc1)C(=O)O. The molecule has 0 aromatic carbocycles. The van der Waals surface area contributed by atoms with Crippen LogP contribution < -0.4 is 10.6 Å². The fourth-order valence-corrected chi connectivity index (χ4v) is 1.75. The number of carbonyl (C=O) groups excluding carboxylic acids is 1. The van der Waals surface area contributed by atoms with E-state index >= 15 is 0 Å². The molecule has 1 aromatic rings. The minimum Gasteiger partial charge on any atom is -0.480 e. The first-order chi connectivity index (χ1) is 9.54. The zero-order valence-corrected chi connectivity index (χ0v) is 11.8. The number of nitrogens with zero attached hydrogens (tertiary/aromatic N) is 1. The average molecular weight is 279 g/mol. The summed E-state index contributed by atoms with van der Waals surface area (Å²) in [6.45, 7) is 4.14. The molecule has 0 radical (unpaired) electrons. The van der Waals surface area contributed by atoms with Gasteiger partial charge in [-0.1, -0.05) is 20.3 Å². The topological polar surface area (TPSA) is 91.3 Å². The molecule has 0 aliphatic carbocycles. The molecule has 1 aromatic heterocycles. The first kappa shape index (κ1) is 15.9. The van der Waals surface area contributed by atoms with Gasteiger partial charge >= 0.3 is 12.0 Å². The van der Waals surface area contributed by atoms with E-state index in [9.17, 15) is 9.59 Å². The van der Waals surface area contributed by atoms with Crippen LogP contribution in [0.4, 0.5) is 4.79 Å². The first-order valence-electron chi connectivity index (χ1n) is 6.70. The van der Waals surface area contributed by atoms with Crippen molar-refractivity contribution in [1.82, 2.24) is 15.6 Å². The molecule has 0 aliphatic heterocycles. The van der Waals surface area contributed by atoms with E-state index in [4.69, 9.17) is 5.11 Å². The summed E-state index contributed by atoms with van der Waals surface area (Å²) in [5, 5.41) is 14.2. The summed E-state index contributed by atoms with van der Waals surface area (Å²) in [5.74, 6) is -1.12. The van der Waals surface area contributed by atoms with Crippen LogP contribution in [0.25, 0.3) is 0 Å². The van der Waals surface area contributed by atoms with Gasteiger partial charge in [-0.05, 0) is 30.0 Å². The molecule has 0 aliphatic rings. The van der Waals surface area contributed by atoms with E-state index in [1.54, 1.807) is 19.3 Å². The zero-order valence-electron chi connectivity index (χ0n) is 11.8. The zero-order chi connectivity index (χ0) is 15.0. The number of rotatable bonds is 7. The summed E-state index contributed by atoms with van der Waals surface area (Å²) in [5.41, 5.74) is 1.07. The normalized spacial score (nSPS) is 13.3. The van der Waals surface area contributed by atoms with Crippen molar-refractivity contribution in [1.29, 1.82) is 0 Å². The molecule has 6 nitrogen and oxygen atoms in total. The maximum atomic E-state index is 11.7. The second-order valence-corrected chi connectivity index (χ2v) is 4.71. The predicted molar refractivity (Wildman–Crippen MR) is 75.4 cm³/mol. The second kappa shape index (κ2) is 8.14. The van der Waals surface area contributed by atoms with Gasteiger partial charge in [0.2, 0.25) is 0 Å². The Balaban J connectivity index is 2.37. The van der Waals surface area contributed by atoms with E-state index in [0.717, 1.165) is 5.56 Å². The highest BCUT2D eigenvalue weighted by atomic mass is 16.4. The number of carbonyl (C=O) groups is 2. The Kier molecular flexibility index (Phi) is 6.49. The fourth-order valence-electron chi connectivity index (χ4n) is 1.75. The van der Waals surface area contributed by atoms with Gasteiger partial charge in [0.15, 0.2) is 0 Å². The van der Waals surface area contributed by atoms with Gasteiger partial charge in [0.05, 0.1) is 0 Å². The molecule has 2 amide bonds. The van der Waals surface area contributed by atoms with Gasteiger partial charge in [0, 0.05) is 18.9 Å². The Morgan fingerprint density at radius 2 is 2.00 bits per heavy atom. The molecule has 0 unspecified atom stereocenters. The van der Waals surface area contributed by atoms with E-state index in [1.165, 1.54) is 0 Å². The summed E-state index contributed by atoms with van der Waals surface area (Å²) in [4.78, 5) is 26.7. The maximum absolute atomic E-state index is 11.7. The molecule has 0 saturated heterocycles. The van der Waals surface area contributed by atoms with Crippen LogP contribution in [0.3, 0.4) is 0 Å². The molecule has 1 rings (SSSR count). The third kappa shape index (κ3) is 5.26. The largest absolute Gasteiger partial charge is 0.480 e. The molecule has 3 N–H and O–H groups in total. The van der Waals surface area contributed by atoms with Crippen LogP contribution in [0, 0.1) is 5.92 Å². The van der Waals surface area contributed by atoms with Gasteiger partial charge < -0.3 is 15.7 Å². The summed E-state index contributed by atoms with van der Waals surface area (Å²) in [7, 11) is 0. The van der Waals surface area contributed by atoms with Crippen molar-refractivity contribution < 1.29 is 14.7 Å². The lowest BCUT2D eigenvalue weighted by molar-refractivity contribution is -0.140. The van der Waals surface area contributed by atoms with E-state index < -0.39 is 18.0 Å². The molecule has 110 valence electrons. The van der Waals surface area contributed by atoms with E-state index in [2.05, 4.69) is 15.6 Å². The number of aliphatic carboxylic acids is 1. The number of urea groups is 1. The molecular formula is C14H21N3O3. The molecule has 6 heteroatoms. The highest BCUT2D eigenvalue weighted by Crippen LogP contribution is 2.07. The van der Waals surface area contributed by atoms with Crippen molar-refractivity contribution >= 4 is 12.0 Å². The number of hydrogen-bond acceptors (Lipinski definition) is 3. The number of carboxylic acids is 1. The quantitative estimate of drug-likeness (QED) is 0.704. The van der Waals surface area contributed by atoms with Crippen LogP contribution in [0.5, 0.6) is 0 Å².